The Morgan fingerprint density at radius 1 is 1.75 bits per heavy atom. The monoisotopic (exact) mass is 168 g/mol. The predicted molar refractivity (Wildman–Crippen MR) is 46.4 cm³/mol. The van der Waals surface area contributed by atoms with Crippen molar-refractivity contribution < 1.29 is 5.11 Å². The molecule has 0 aromatic rings. The van der Waals surface area contributed by atoms with Crippen molar-refractivity contribution in [3.8, 4) is 6.07 Å². The Kier molecular flexibility index (Phi) is 3.07. The van der Waals surface area contributed by atoms with Crippen LogP contribution in [0, 0.1) is 17.2 Å². The summed E-state index contributed by atoms with van der Waals surface area (Å²) in [5, 5.41) is 20.8. The molecule has 0 saturated heterocycles. The van der Waals surface area contributed by atoms with Crippen molar-refractivity contribution in [3.05, 3.63) is 0 Å². The molecule has 0 spiro atoms. The number of aliphatic hydroxyl groups excluding tert-OH is 1. The van der Waals surface area contributed by atoms with E-state index in [2.05, 4.69) is 18.3 Å². The highest BCUT2D eigenvalue weighted by Crippen LogP contribution is 2.34. The number of aliphatic hydroxyl groups is 1. The second kappa shape index (κ2) is 3.88. The first-order valence-electron chi connectivity index (χ1n) is 4.52. The molecule has 0 bridgehead atoms. The molecule has 2 atom stereocenters. The summed E-state index contributed by atoms with van der Waals surface area (Å²) in [6.07, 6.45) is 3.16. The van der Waals surface area contributed by atoms with Gasteiger partial charge in [-0.1, -0.05) is 13.3 Å². The van der Waals surface area contributed by atoms with Gasteiger partial charge in [-0.15, -0.1) is 0 Å². The third-order valence-corrected chi connectivity index (χ3v) is 2.80. The standard InChI is InChI=1S/C9H16N2O/c1-8-3-2-4-9(8,7-10)11-5-6-12/h8,11-12H,2-6H2,1H3. The number of nitrogens with zero attached hydrogens (tertiary/aromatic N) is 1. The minimum absolute atomic E-state index is 0.107. The highest BCUT2D eigenvalue weighted by molar-refractivity contribution is 5.12. The Hall–Kier alpha value is -0.590. The molecule has 12 heavy (non-hydrogen) atoms. The lowest BCUT2D eigenvalue weighted by Crippen LogP contribution is -2.47. The minimum Gasteiger partial charge on any atom is -0.395 e. The largest absolute Gasteiger partial charge is 0.395 e. The molecule has 1 rings (SSSR count). The maximum absolute atomic E-state index is 9.02. The SMILES string of the molecule is CC1CCCC1(C#N)NCCO. The summed E-state index contributed by atoms with van der Waals surface area (Å²) >= 11 is 0. The first-order chi connectivity index (χ1) is 5.75. The molecule has 0 amide bonds. The molecule has 1 aliphatic rings. The summed E-state index contributed by atoms with van der Waals surface area (Å²) in [6.45, 7) is 2.73. The van der Waals surface area contributed by atoms with Crippen molar-refractivity contribution in [1.82, 2.24) is 5.32 Å². The van der Waals surface area contributed by atoms with E-state index in [1.54, 1.807) is 0 Å². The Labute approximate surface area is 73.4 Å². The van der Waals surface area contributed by atoms with Gasteiger partial charge in [-0.2, -0.15) is 5.26 Å². The van der Waals surface area contributed by atoms with Gasteiger partial charge in [0.1, 0.15) is 5.54 Å². The number of nitrogens with one attached hydrogen (secondary N) is 1. The Morgan fingerprint density at radius 2 is 2.50 bits per heavy atom. The van der Waals surface area contributed by atoms with Crippen molar-refractivity contribution in [2.45, 2.75) is 31.7 Å². The van der Waals surface area contributed by atoms with Gasteiger partial charge >= 0.3 is 0 Å². The fraction of sp³-hybridized carbons (Fsp3) is 0.889. The molecule has 0 aromatic carbocycles. The minimum atomic E-state index is -0.358. The van der Waals surface area contributed by atoms with Gasteiger partial charge in [-0.05, 0) is 18.8 Å². The van der Waals surface area contributed by atoms with E-state index in [4.69, 9.17) is 10.4 Å². The van der Waals surface area contributed by atoms with Crippen LogP contribution < -0.4 is 5.32 Å². The first-order valence-corrected chi connectivity index (χ1v) is 4.52. The van der Waals surface area contributed by atoms with Gasteiger partial charge in [0, 0.05) is 6.54 Å². The van der Waals surface area contributed by atoms with Gasteiger partial charge in [0.15, 0.2) is 0 Å². The lowest BCUT2D eigenvalue weighted by Gasteiger charge is -2.26. The summed E-state index contributed by atoms with van der Waals surface area (Å²) in [6, 6.07) is 2.34. The van der Waals surface area contributed by atoms with E-state index >= 15 is 0 Å². The first kappa shape index (κ1) is 9.50. The summed E-state index contributed by atoms with van der Waals surface area (Å²) < 4.78 is 0. The number of β-amino-alcohol motifs (C(OH)–C–C–N with tert-alkyl or cyclic N) is 1. The molecule has 3 nitrogen and oxygen atoms in total. The smallest absolute Gasteiger partial charge is 0.109 e. The number of rotatable bonds is 3. The summed E-state index contributed by atoms with van der Waals surface area (Å²) in [5.41, 5.74) is -0.358. The predicted octanol–water partition coefficient (Wildman–Crippen LogP) is 0.651. The number of nitriles is 1. The fourth-order valence-electron chi connectivity index (χ4n) is 1.93. The van der Waals surface area contributed by atoms with Gasteiger partial charge < -0.3 is 5.11 Å². The normalized spacial score (nSPS) is 34.9. The van der Waals surface area contributed by atoms with Crippen LogP contribution in [-0.4, -0.2) is 23.8 Å². The summed E-state index contributed by atoms with van der Waals surface area (Å²) in [5.74, 6) is 0.411. The van der Waals surface area contributed by atoms with E-state index in [1.807, 2.05) is 0 Å². The zero-order chi connectivity index (χ0) is 9.03. The zero-order valence-electron chi connectivity index (χ0n) is 7.51. The van der Waals surface area contributed by atoms with E-state index in [1.165, 1.54) is 0 Å². The Balaban J connectivity index is 2.57. The third kappa shape index (κ3) is 1.60. The molecular formula is C9H16N2O. The van der Waals surface area contributed by atoms with Gasteiger partial charge in [0.05, 0.1) is 12.7 Å². The third-order valence-electron chi connectivity index (χ3n) is 2.80. The maximum atomic E-state index is 9.02. The molecule has 1 fully saturated rings. The Morgan fingerprint density at radius 3 is 2.92 bits per heavy atom. The van der Waals surface area contributed by atoms with Crippen LogP contribution in [0.1, 0.15) is 26.2 Å². The Bertz CT molecular complexity index is 187. The molecule has 0 aliphatic heterocycles. The van der Waals surface area contributed by atoms with Crippen LogP contribution in [0.5, 0.6) is 0 Å². The lowest BCUT2D eigenvalue weighted by molar-refractivity contribution is 0.255. The maximum Gasteiger partial charge on any atom is 0.109 e. The van der Waals surface area contributed by atoms with E-state index in [0.717, 1.165) is 19.3 Å². The van der Waals surface area contributed by atoms with Crippen molar-refractivity contribution in [1.29, 1.82) is 5.26 Å². The van der Waals surface area contributed by atoms with Crippen LogP contribution in [0.25, 0.3) is 0 Å². The molecule has 2 unspecified atom stereocenters. The molecule has 68 valence electrons. The van der Waals surface area contributed by atoms with Crippen molar-refractivity contribution in [3.63, 3.8) is 0 Å². The van der Waals surface area contributed by atoms with Crippen molar-refractivity contribution in [2.75, 3.05) is 13.2 Å². The number of hydrogen-bond donors (Lipinski definition) is 2. The molecule has 0 radical (unpaired) electrons. The quantitative estimate of drug-likeness (QED) is 0.650. The summed E-state index contributed by atoms with van der Waals surface area (Å²) in [7, 11) is 0. The van der Waals surface area contributed by atoms with Crippen LogP contribution in [-0.2, 0) is 0 Å². The van der Waals surface area contributed by atoms with Crippen LogP contribution in [0.4, 0.5) is 0 Å². The molecule has 1 saturated carbocycles. The average Bonchev–Trinajstić information content (AvgIpc) is 2.45. The van der Waals surface area contributed by atoms with Gasteiger partial charge in [0.25, 0.3) is 0 Å². The average molecular weight is 168 g/mol. The molecule has 1 aliphatic carbocycles. The lowest BCUT2D eigenvalue weighted by atomic mass is 9.90. The molecule has 3 heteroatoms. The van der Waals surface area contributed by atoms with Crippen LogP contribution in [0.2, 0.25) is 0 Å². The van der Waals surface area contributed by atoms with Crippen molar-refractivity contribution >= 4 is 0 Å². The molecule has 0 heterocycles. The van der Waals surface area contributed by atoms with Crippen molar-refractivity contribution in [2.24, 2.45) is 5.92 Å². The fourth-order valence-corrected chi connectivity index (χ4v) is 1.93. The highest BCUT2D eigenvalue weighted by atomic mass is 16.3. The van der Waals surface area contributed by atoms with Crippen LogP contribution >= 0.6 is 0 Å². The van der Waals surface area contributed by atoms with E-state index in [-0.39, 0.29) is 12.1 Å². The molecule has 0 aromatic heterocycles. The van der Waals surface area contributed by atoms with Crippen LogP contribution in [0.3, 0.4) is 0 Å². The second-order valence-corrected chi connectivity index (χ2v) is 3.53. The van der Waals surface area contributed by atoms with Gasteiger partial charge in [-0.25, -0.2) is 0 Å². The number of hydrogen-bond acceptors (Lipinski definition) is 3. The van der Waals surface area contributed by atoms with Gasteiger partial charge in [0.2, 0.25) is 0 Å². The highest BCUT2D eigenvalue weighted by Gasteiger charge is 2.39. The topological polar surface area (TPSA) is 56.0 Å². The van der Waals surface area contributed by atoms with E-state index in [9.17, 15) is 0 Å². The van der Waals surface area contributed by atoms with Crippen LogP contribution in [0.15, 0.2) is 0 Å². The summed E-state index contributed by atoms with van der Waals surface area (Å²) in [4.78, 5) is 0. The van der Waals surface area contributed by atoms with E-state index in [0.29, 0.717) is 12.5 Å². The van der Waals surface area contributed by atoms with E-state index < -0.39 is 0 Å². The molecule has 2 N–H and O–H groups in total. The van der Waals surface area contributed by atoms with Gasteiger partial charge in [-0.3, -0.25) is 5.32 Å². The molecular weight excluding hydrogens is 152 g/mol. The second-order valence-electron chi connectivity index (χ2n) is 3.53. The zero-order valence-corrected chi connectivity index (χ0v) is 7.51.